The minimum atomic E-state index is -3.33. The molecule has 1 fully saturated rings. The largest absolute Gasteiger partial charge is 0.322 e. The maximum atomic E-state index is 12.8. The van der Waals surface area contributed by atoms with Crippen LogP contribution in [0.15, 0.2) is 60.8 Å². The highest BCUT2D eigenvalue weighted by Gasteiger charge is 2.24. The number of hydrogen-bond acceptors (Lipinski definition) is 4. The molecule has 0 saturated carbocycles. The fourth-order valence-corrected chi connectivity index (χ4v) is 5.60. The molecule has 2 aromatic carbocycles. The van der Waals surface area contributed by atoms with Gasteiger partial charge in [0, 0.05) is 34.6 Å². The molecule has 1 aromatic heterocycles. The summed E-state index contributed by atoms with van der Waals surface area (Å²) < 4.78 is 26.4. The van der Waals surface area contributed by atoms with Gasteiger partial charge in [-0.25, -0.2) is 8.42 Å². The van der Waals surface area contributed by atoms with E-state index < -0.39 is 10.0 Å². The highest BCUT2D eigenvalue weighted by molar-refractivity contribution is 7.92. The number of nitrogens with one attached hydrogen (secondary N) is 1. The first-order chi connectivity index (χ1) is 15.3. The lowest BCUT2D eigenvalue weighted by atomic mass is 10.1. The first-order valence-electron chi connectivity index (χ1n) is 10.2. The van der Waals surface area contributed by atoms with Crippen molar-refractivity contribution in [3.8, 4) is 11.3 Å². The van der Waals surface area contributed by atoms with Crippen LogP contribution in [0.2, 0.25) is 10.0 Å². The fourth-order valence-electron chi connectivity index (χ4n) is 3.59. The Hall–Kier alpha value is -2.61. The number of carbonyl (C=O) groups excluding carboxylic acids is 1. The molecule has 1 saturated heterocycles. The van der Waals surface area contributed by atoms with Crippen molar-refractivity contribution in [2.75, 3.05) is 21.9 Å². The summed E-state index contributed by atoms with van der Waals surface area (Å²) in [7, 11) is -3.33. The quantitative estimate of drug-likeness (QED) is 0.514. The summed E-state index contributed by atoms with van der Waals surface area (Å²) >= 11 is 12.4. The van der Waals surface area contributed by atoms with E-state index in [1.807, 2.05) is 0 Å². The standard InChI is InChI=1S/C23H21Cl2N3O3S/c24-17-10-11-26-22(14-17)20-15-18(6-9-21(20)25)27-23(29)16-4-7-19(8-5-16)28-12-2-1-3-13-32(28,30)31/h4-11,14-15H,1-3,12-13H2,(H,27,29). The van der Waals surface area contributed by atoms with E-state index in [0.717, 1.165) is 12.8 Å². The minimum absolute atomic E-state index is 0.148. The number of sulfonamides is 1. The van der Waals surface area contributed by atoms with E-state index in [2.05, 4.69) is 10.3 Å². The molecule has 0 radical (unpaired) electrons. The lowest BCUT2D eigenvalue weighted by Gasteiger charge is -2.22. The third-order valence-electron chi connectivity index (χ3n) is 5.24. The van der Waals surface area contributed by atoms with Crippen LogP contribution in [0.5, 0.6) is 0 Å². The van der Waals surface area contributed by atoms with Gasteiger partial charge in [0.05, 0.1) is 22.2 Å². The molecule has 2 heterocycles. The first kappa shape index (κ1) is 22.6. The van der Waals surface area contributed by atoms with Crippen molar-refractivity contribution < 1.29 is 13.2 Å². The molecule has 1 amide bonds. The Kier molecular flexibility index (Phi) is 6.69. The topological polar surface area (TPSA) is 79.4 Å². The Morgan fingerprint density at radius 1 is 0.969 bits per heavy atom. The smallest absolute Gasteiger partial charge is 0.255 e. The van der Waals surface area contributed by atoms with E-state index in [0.29, 0.717) is 51.2 Å². The predicted octanol–water partition coefficient (Wildman–Crippen LogP) is 5.63. The number of aromatic nitrogens is 1. The van der Waals surface area contributed by atoms with Crippen LogP contribution in [-0.4, -0.2) is 31.6 Å². The van der Waals surface area contributed by atoms with Crippen LogP contribution in [0.3, 0.4) is 0 Å². The molecule has 0 atom stereocenters. The molecule has 0 unspecified atom stereocenters. The van der Waals surface area contributed by atoms with E-state index in [4.69, 9.17) is 23.2 Å². The molecule has 1 aliphatic rings. The second-order valence-corrected chi connectivity index (χ2v) is 10.4. The predicted molar refractivity (Wildman–Crippen MR) is 129 cm³/mol. The van der Waals surface area contributed by atoms with Crippen molar-refractivity contribution in [3.63, 3.8) is 0 Å². The summed E-state index contributed by atoms with van der Waals surface area (Å²) in [5, 5.41) is 3.87. The van der Waals surface area contributed by atoms with Gasteiger partial charge in [-0.3, -0.25) is 14.1 Å². The SMILES string of the molecule is O=C(Nc1ccc(Cl)c(-c2cc(Cl)ccn2)c1)c1ccc(N2CCCCCS2(=O)=O)cc1. The molecule has 32 heavy (non-hydrogen) atoms. The molecule has 166 valence electrons. The van der Waals surface area contributed by atoms with Crippen molar-refractivity contribution >= 4 is 50.5 Å². The Balaban J connectivity index is 1.53. The molecule has 0 bridgehead atoms. The number of halogens is 2. The van der Waals surface area contributed by atoms with E-state index in [9.17, 15) is 13.2 Å². The van der Waals surface area contributed by atoms with Crippen LogP contribution in [0.4, 0.5) is 11.4 Å². The third-order valence-corrected chi connectivity index (χ3v) is 7.67. The maximum Gasteiger partial charge on any atom is 0.255 e. The molecule has 4 rings (SSSR count). The van der Waals surface area contributed by atoms with Crippen LogP contribution in [0.25, 0.3) is 11.3 Å². The average molecular weight is 490 g/mol. The number of rotatable bonds is 4. The minimum Gasteiger partial charge on any atom is -0.322 e. The molecule has 0 aliphatic carbocycles. The highest BCUT2D eigenvalue weighted by Crippen LogP contribution is 2.31. The van der Waals surface area contributed by atoms with Crippen LogP contribution in [0, 0.1) is 0 Å². The Labute approximate surface area is 197 Å². The van der Waals surface area contributed by atoms with Crippen LogP contribution >= 0.6 is 23.2 Å². The van der Waals surface area contributed by atoms with Crippen molar-refractivity contribution in [1.82, 2.24) is 4.98 Å². The van der Waals surface area contributed by atoms with E-state index in [-0.39, 0.29) is 11.7 Å². The van der Waals surface area contributed by atoms with Crippen LogP contribution < -0.4 is 9.62 Å². The number of nitrogens with zero attached hydrogens (tertiary/aromatic N) is 2. The summed E-state index contributed by atoms with van der Waals surface area (Å²) in [6.45, 7) is 0.457. The van der Waals surface area contributed by atoms with E-state index in [1.54, 1.807) is 60.8 Å². The second-order valence-electron chi connectivity index (χ2n) is 7.50. The fraction of sp³-hybridized carbons (Fsp3) is 0.217. The zero-order valence-electron chi connectivity index (χ0n) is 17.1. The molecule has 1 aliphatic heterocycles. The number of hydrogen-bond donors (Lipinski definition) is 1. The third kappa shape index (κ3) is 5.06. The van der Waals surface area contributed by atoms with Gasteiger partial charge in [-0.1, -0.05) is 29.6 Å². The molecule has 3 aromatic rings. The zero-order chi connectivity index (χ0) is 22.7. The van der Waals surface area contributed by atoms with Crippen molar-refractivity contribution in [3.05, 3.63) is 76.4 Å². The van der Waals surface area contributed by atoms with Gasteiger partial charge >= 0.3 is 0 Å². The van der Waals surface area contributed by atoms with E-state index in [1.165, 1.54) is 4.31 Å². The number of anilines is 2. The maximum absolute atomic E-state index is 12.8. The monoisotopic (exact) mass is 489 g/mol. The number of carbonyl (C=O) groups is 1. The molecule has 0 spiro atoms. The normalized spacial score (nSPS) is 15.8. The highest BCUT2D eigenvalue weighted by atomic mass is 35.5. The van der Waals surface area contributed by atoms with Crippen molar-refractivity contribution in [2.24, 2.45) is 0 Å². The number of benzene rings is 2. The van der Waals surface area contributed by atoms with Gasteiger partial charge in [0.15, 0.2) is 0 Å². The number of pyridine rings is 1. The molecule has 6 nitrogen and oxygen atoms in total. The van der Waals surface area contributed by atoms with Gasteiger partial charge in [-0.2, -0.15) is 0 Å². The molecular weight excluding hydrogens is 469 g/mol. The van der Waals surface area contributed by atoms with Gasteiger partial charge in [0.25, 0.3) is 5.91 Å². The molecule has 1 N–H and O–H groups in total. The van der Waals surface area contributed by atoms with Gasteiger partial charge in [-0.05, 0) is 67.4 Å². The van der Waals surface area contributed by atoms with Gasteiger partial charge in [0.1, 0.15) is 0 Å². The van der Waals surface area contributed by atoms with Gasteiger partial charge in [-0.15, -0.1) is 0 Å². The summed E-state index contributed by atoms with van der Waals surface area (Å²) in [5.74, 6) is -0.169. The molecule has 9 heteroatoms. The average Bonchev–Trinajstić information content (AvgIpc) is 2.95. The summed E-state index contributed by atoms with van der Waals surface area (Å²) in [4.78, 5) is 17.0. The zero-order valence-corrected chi connectivity index (χ0v) is 19.4. The second kappa shape index (κ2) is 9.48. The van der Waals surface area contributed by atoms with Crippen LogP contribution in [0.1, 0.15) is 29.6 Å². The lowest BCUT2D eigenvalue weighted by molar-refractivity contribution is 0.102. The lowest BCUT2D eigenvalue weighted by Crippen LogP contribution is -2.32. The Morgan fingerprint density at radius 2 is 1.75 bits per heavy atom. The van der Waals surface area contributed by atoms with E-state index >= 15 is 0 Å². The summed E-state index contributed by atoms with van der Waals surface area (Å²) in [5.41, 5.74) is 2.79. The number of amides is 1. The van der Waals surface area contributed by atoms with Crippen molar-refractivity contribution in [1.29, 1.82) is 0 Å². The molecular formula is C23H21Cl2N3O3S. The Morgan fingerprint density at radius 3 is 2.50 bits per heavy atom. The van der Waals surface area contributed by atoms with Crippen molar-refractivity contribution in [2.45, 2.75) is 19.3 Å². The Bertz CT molecular complexity index is 1250. The summed E-state index contributed by atoms with van der Waals surface area (Å²) in [6, 6.07) is 15.1. The van der Waals surface area contributed by atoms with Gasteiger partial charge in [0.2, 0.25) is 10.0 Å². The first-order valence-corrected chi connectivity index (χ1v) is 12.5. The van der Waals surface area contributed by atoms with Crippen LogP contribution in [-0.2, 0) is 10.0 Å². The summed E-state index contributed by atoms with van der Waals surface area (Å²) in [6.07, 6.45) is 3.98. The van der Waals surface area contributed by atoms with Gasteiger partial charge < -0.3 is 5.32 Å².